The molecule has 0 spiro atoms. The Morgan fingerprint density at radius 3 is 1.73 bits per heavy atom. The van der Waals surface area contributed by atoms with Crippen LogP contribution in [0.2, 0.25) is 0 Å². The number of aliphatic hydroxyl groups excluding tert-OH is 1. The van der Waals surface area contributed by atoms with E-state index in [2.05, 4.69) is 0 Å². The second-order valence-electron chi connectivity index (χ2n) is 1.41. The summed E-state index contributed by atoms with van der Waals surface area (Å²) in [5, 5.41) is 27.3. The molecule has 0 aromatic rings. The van der Waals surface area contributed by atoms with Gasteiger partial charge < -0.3 is 24.9 Å². The summed E-state index contributed by atoms with van der Waals surface area (Å²) in [6.45, 7) is 0. The fourth-order valence-electron chi connectivity index (χ4n) is 0.241. The summed E-state index contributed by atoms with van der Waals surface area (Å²) in [7, 11) is 0. The molecule has 0 aliphatic carbocycles. The summed E-state index contributed by atoms with van der Waals surface area (Å²) in [4.78, 5) is 19.1. The van der Waals surface area contributed by atoms with Gasteiger partial charge in [0, 0.05) is 12.4 Å². The minimum absolute atomic E-state index is 0. The van der Waals surface area contributed by atoms with Gasteiger partial charge in [-0.05, 0) is 0 Å². The SMILES string of the molecule is O=C([O-])CC(O)C(=O)[O-].[Na+].[Na+]. The van der Waals surface area contributed by atoms with E-state index in [4.69, 9.17) is 5.11 Å². The van der Waals surface area contributed by atoms with Crippen molar-refractivity contribution < 1.29 is 84.0 Å². The minimum Gasteiger partial charge on any atom is -0.550 e. The van der Waals surface area contributed by atoms with E-state index in [1.54, 1.807) is 0 Å². The molecule has 0 saturated carbocycles. The van der Waals surface area contributed by atoms with Gasteiger partial charge in [0.25, 0.3) is 0 Å². The van der Waals surface area contributed by atoms with Crippen LogP contribution in [0.4, 0.5) is 0 Å². The van der Waals surface area contributed by atoms with Crippen LogP contribution in [0.1, 0.15) is 6.42 Å². The fraction of sp³-hybridized carbons (Fsp3) is 0.500. The van der Waals surface area contributed by atoms with E-state index in [1.807, 2.05) is 0 Å². The van der Waals surface area contributed by atoms with Crippen LogP contribution in [-0.4, -0.2) is 23.1 Å². The first-order chi connectivity index (χ1) is 4.04. The second-order valence-corrected chi connectivity index (χ2v) is 1.41. The number of carboxylic acid groups (broad SMARTS) is 2. The minimum atomic E-state index is -1.96. The molecule has 1 atom stereocenters. The smallest absolute Gasteiger partial charge is 0.550 e. The van der Waals surface area contributed by atoms with Crippen molar-refractivity contribution in [3.8, 4) is 0 Å². The van der Waals surface area contributed by atoms with E-state index in [9.17, 15) is 19.8 Å². The van der Waals surface area contributed by atoms with Crippen molar-refractivity contribution in [2.75, 3.05) is 0 Å². The van der Waals surface area contributed by atoms with Crippen LogP contribution < -0.4 is 69.3 Å². The predicted octanol–water partition coefficient (Wildman–Crippen LogP) is -9.75. The molecular formula is C4H4Na2O5. The number of carbonyl (C=O) groups excluding carboxylic acids is 2. The first-order valence-corrected chi connectivity index (χ1v) is 2.13. The summed E-state index contributed by atoms with van der Waals surface area (Å²) in [6.07, 6.45) is -2.89. The van der Waals surface area contributed by atoms with Gasteiger partial charge in [0.2, 0.25) is 0 Å². The Morgan fingerprint density at radius 1 is 1.27 bits per heavy atom. The van der Waals surface area contributed by atoms with Gasteiger partial charge in [0.15, 0.2) is 0 Å². The molecule has 5 nitrogen and oxygen atoms in total. The van der Waals surface area contributed by atoms with Gasteiger partial charge in [-0.1, -0.05) is 0 Å². The third-order valence-corrected chi connectivity index (χ3v) is 0.632. The Kier molecular flexibility index (Phi) is 14.6. The van der Waals surface area contributed by atoms with Crippen LogP contribution in [0, 0.1) is 0 Å². The molecule has 1 N–H and O–H groups in total. The number of rotatable bonds is 3. The summed E-state index contributed by atoms with van der Waals surface area (Å²) < 4.78 is 0. The van der Waals surface area contributed by atoms with Gasteiger partial charge in [-0.15, -0.1) is 0 Å². The topological polar surface area (TPSA) is 100 Å². The average molecular weight is 178 g/mol. The molecule has 0 heterocycles. The molecule has 0 bridgehead atoms. The van der Waals surface area contributed by atoms with Crippen LogP contribution in [0.15, 0.2) is 0 Å². The summed E-state index contributed by atoms with van der Waals surface area (Å²) in [6, 6.07) is 0. The maximum Gasteiger partial charge on any atom is 1.00 e. The van der Waals surface area contributed by atoms with Gasteiger partial charge >= 0.3 is 59.1 Å². The molecule has 1 unspecified atom stereocenters. The molecule has 0 aliphatic heterocycles. The van der Waals surface area contributed by atoms with Crippen molar-refractivity contribution in [1.82, 2.24) is 0 Å². The molecule has 0 fully saturated rings. The largest absolute Gasteiger partial charge is 1.00 e. The van der Waals surface area contributed by atoms with E-state index in [1.165, 1.54) is 0 Å². The Balaban J connectivity index is -0.000000320. The molecule has 7 heteroatoms. The Morgan fingerprint density at radius 2 is 1.64 bits per heavy atom. The molecule has 0 aliphatic rings. The van der Waals surface area contributed by atoms with Crippen molar-refractivity contribution in [3.05, 3.63) is 0 Å². The van der Waals surface area contributed by atoms with Crippen LogP contribution in [0.3, 0.4) is 0 Å². The number of aliphatic hydroxyl groups is 1. The van der Waals surface area contributed by atoms with E-state index in [-0.39, 0.29) is 59.1 Å². The third-order valence-electron chi connectivity index (χ3n) is 0.632. The van der Waals surface area contributed by atoms with Crippen molar-refractivity contribution in [2.45, 2.75) is 12.5 Å². The van der Waals surface area contributed by atoms with Gasteiger partial charge in [0.1, 0.15) is 0 Å². The number of carboxylic acids is 2. The molecular weight excluding hydrogens is 174 g/mol. The standard InChI is InChI=1S/C4H6O5.2Na/c5-2(4(8)9)1-3(6)7;;/h2,5H,1H2,(H,6,7)(H,8,9);;/q;2*+1/p-2. The molecule has 0 amide bonds. The first kappa shape index (κ1) is 17.8. The van der Waals surface area contributed by atoms with Gasteiger partial charge in [0.05, 0.1) is 12.1 Å². The fourth-order valence-corrected chi connectivity index (χ4v) is 0.241. The third kappa shape index (κ3) is 10.9. The number of carbonyl (C=O) groups is 2. The molecule has 0 radical (unpaired) electrons. The van der Waals surface area contributed by atoms with Crippen molar-refractivity contribution in [1.29, 1.82) is 0 Å². The maximum absolute atomic E-state index is 9.58. The number of aliphatic carboxylic acids is 2. The van der Waals surface area contributed by atoms with Crippen LogP contribution in [0.5, 0.6) is 0 Å². The van der Waals surface area contributed by atoms with Gasteiger partial charge in [-0.3, -0.25) is 0 Å². The number of hydrogen-bond acceptors (Lipinski definition) is 5. The van der Waals surface area contributed by atoms with Crippen molar-refractivity contribution in [3.63, 3.8) is 0 Å². The van der Waals surface area contributed by atoms with E-state index in [0.717, 1.165) is 0 Å². The monoisotopic (exact) mass is 178 g/mol. The molecule has 52 valence electrons. The Labute approximate surface area is 107 Å². The quantitative estimate of drug-likeness (QED) is 0.432. The molecule has 11 heavy (non-hydrogen) atoms. The normalized spacial score (nSPS) is 10.3. The second kappa shape index (κ2) is 8.99. The van der Waals surface area contributed by atoms with Crippen LogP contribution >= 0.6 is 0 Å². The molecule has 0 aromatic heterocycles. The summed E-state index contributed by atoms with van der Waals surface area (Å²) in [5.74, 6) is -3.43. The zero-order chi connectivity index (χ0) is 7.44. The van der Waals surface area contributed by atoms with E-state index < -0.39 is 24.5 Å². The Bertz CT molecular complexity index is 136. The van der Waals surface area contributed by atoms with Crippen molar-refractivity contribution >= 4 is 11.9 Å². The number of hydrogen-bond donors (Lipinski definition) is 1. The summed E-state index contributed by atoms with van der Waals surface area (Å²) in [5.41, 5.74) is 0. The van der Waals surface area contributed by atoms with E-state index in [0.29, 0.717) is 0 Å². The first-order valence-electron chi connectivity index (χ1n) is 2.13. The predicted molar refractivity (Wildman–Crippen MR) is 20.6 cm³/mol. The van der Waals surface area contributed by atoms with Gasteiger partial charge in [-0.2, -0.15) is 0 Å². The van der Waals surface area contributed by atoms with E-state index >= 15 is 0 Å². The summed E-state index contributed by atoms with van der Waals surface area (Å²) >= 11 is 0. The maximum atomic E-state index is 9.58. The molecule has 0 aromatic carbocycles. The molecule has 0 saturated heterocycles. The van der Waals surface area contributed by atoms with Crippen molar-refractivity contribution in [2.24, 2.45) is 0 Å². The average Bonchev–Trinajstić information content (AvgIpc) is 1.63. The van der Waals surface area contributed by atoms with Crippen LogP contribution in [-0.2, 0) is 9.59 Å². The van der Waals surface area contributed by atoms with Gasteiger partial charge in [-0.25, -0.2) is 0 Å². The zero-order valence-electron chi connectivity index (χ0n) is 6.36. The molecule has 0 rings (SSSR count). The van der Waals surface area contributed by atoms with Crippen LogP contribution in [0.25, 0.3) is 0 Å². The Hall–Kier alpha value is 0.900. The zero-order valence-corrected chi connectivity index (χ0v) is 10.4.